The van der Waals surface area contributed by atoms with Crippen LogP contribution < -0.4 is 16.0 Å². The number of imidazole rings is 2. The Hall–Kier alpha value is -7.50. The Bertz CT molecular complexity index is 3120. The van der Waals surface area contributed by atoms with Gasteiger partial charge in [-0.2, -0.15) is 9.97 Å². The van der Waals surface area contributed by atoms with Crippen LogP contribution in [-0.4, -0.2) is 64.2 Å². The normalized spacial score (nSPS) is 15.5. The molecule has 0 amide bonds. The minimum atomic E-state index is 0.343. The molecule has 12 rings (SSSR count). The van der Waals surface area contributed by atoms with E-state index in [4.69, 9.17) is 19.9 Å². The topological polar surface area (TPSA) is 123 Å². The maximum absolute atomic E-state index is 5.03. The van der Waals surface area contributed by atoms with Crippen molar-refractivity contribution in [3.05, 3.63) is 157 Å². The van der Waals surface area contributed by atoms with Gasteiger partial charge < -0.3 is 16.0 Å². The van der Waals surface area contributed by atoms with Crippen LogP contribution in [0.25, 0.3) is 78.0 Å². The summed E-state index contributed by atoms with van der Waals surface area (Å²) in [5, 5.41) is 15.4. The maximum atomic E-state index is 5.03. The van der Waals surface area contributed by atoms with Crippen molar-refractivity contribution >= 4 is 55.5 Å². The van der Waals surface area contributed by atoms with Gasteiger partial charge in [-0.3, -0.25) is 9.13 Å². The van der Waals surface area contributed by atoms with Crippen molar-refractivity contribution in [2.24, 2.45) is 0 Å². The van der Waals surface area contributed by atoms with Gasteiger partial charge in [0.05, 0.1) is 22.1 Å². The molecule has 0 unspecified atom stereocenters. The summed E-state index contributed by atoms with van der Waals surface area (Å²) < 4.78 is 4.32. The molecule has 0 spiro atoms. The van der Waals surface area contributed by atoms with Gasteiger partial charge in [0.2, 0.25) is 11.9 Å². The number of hydrogen-bond acceptors (Lipinski definition) is 9. The Balaban J connectivity index is 0.000000146. The molecule has 66 heavy (non-hydrogen) atoms. The fourth-order valence-corrected chi connectivity index (χ4v) is 9.55. The van der Waals surface area contributed by atoms with E-state index in [1.807, 2.05) is 24.5 Å². The van der Waals surface area contributed by atoms with Crippen molar-refractivity contribution in [3.8, 4) is 34.4 Å². The lowest BCUT2D eigenvalue weighted by Gasteiger charge is -2.23. The first-order chi connectivity index (χ1) is 32.5. The van der Waals surface area contributed by atoms with Gasteiger partial charge in [0.15, 0.2) is 0 Å². The molecule has 10 aromatic rings. The van der Waals surface area contributed by atoms with Crippen molar-refractivity contribution in [1.29, 1.82) is 0 Å². The summed E-state index contributed by atoms with van der Waals surface area (Å²) in [5.74, 6) is 4.76. The summed E-state index contributed by atoms with van der Waals surface area (Å²) in [6.45, 7) is 6.23. The van der Waals surface area contributed by atoms with Crippen molar-refractivity contribution in [1.82, 2.24) is 44.4 Å². The number of fused-ring (bicyclic) bond motifs is 4. The van der Waals surface area contributed by atoms with Crippen LogP contribution in [0.1, 0.15) is 56.1 Å². The van der Waals surface area contributed by atoms with Gasteiger partial charge in [0.25, 0.3) is 0 Å². The quantitative estimate of drug-likeness (QED) is 0.137. The van der Waals surface area contributed by atoms with Gasteiger partial charge in [0.1, 0.15) is 23.3 Å². The highest BCUT2D eigenvalue weighted by atomic mass is 15.2. The molecule has 1 aliphatic carbocycles. The Morgan fingerprint density at radius 2 is 0.985 bits per heavy atom. The number of nitrogens with one attached hydrogen (secondary N) is 3. The first-order valence-electron chi connectivity index (χ1n) is 23.4. The molecule has 1 saturated carbocycles. The fourth-order valence-electron chi connectivity index (χ4n) is 9.55. The molecule has 3 N–H and O–H groups in total. The molecule has 11 nitrogen and oxygen atoms in total. The zero-order valence-corrected chi connectivity index (χ0v) is 37.5. The number of aryl methyl sites for hydroxylation is 2. The van der Waals surface area contributed by atoms with E-state index in [1.54, 1.807) is 0 Å². The lowest BCUT2D eigenvalue weighted by Crippen LogP contribution is -2.38. The van der Waals surface area contributed by atoms with E-state index in [-0.39, 0.29) is 0 Å². The fraction of sp³-hybridized carbons (Fsp3) is 0.236. The van der Waals surface area contributed by atoms with E-state index in [0.717, 1.165) is 82.4 Å². The third kappa shape index (κ3) is 8.57. The highest BCUT2D eigenvalue weighted by Gasteiger charge is 2.21. The van der Waals surface area contributed by atoms with E-state index in [0.29, 0.717) is 24.0 Å². The second-order valence-corrected chi connectivity index (χ2v) is 17.8. The monoisotopic (exact) mass is 867 g/mol. The molecule has 1 aliphatic heterocycles. The second kappa shape index (κ2) is 18.2. The van der Waals surface area contributed by atoms with Crippen molar-refractivity contribution in [3.63, 3.8) is 0 Å². The van der Waals surface area contributed by atoms with E-state index in [2.05, 4.69) is 170 Å². The van der Waals surface area contributed by atoms with Gasteiger partial charge in [-0.15, -0.1) is 0 Å². The summed E-state index contributed by atoms with van der Waals surface area (Å²) >= 11 is 0. The van der Waals surface area contributed by atoms with Crippen LogP contribution in [0.15, 0.2) is 146 Å². The van der Waals surface area contributed by atoms with Crippen LogP contribution in [0.3, 0.4) is 0 Å². The first kappa shape index (κ1) is 41.2. The average Bonchev–Trinajstić information content (AvgIpc) is 3.93. The van der Waals surface area contributed by atoms with Gasteiger partial charge in [-0.25, -0.2) is 19.9 Å². The summed E-state index contributed by atoms with van der Waals surface area (Å²) in [5.41, 5.74) is 8.54. The van der Waals surface area contributed by atoms with Gasteiger partial charge in [-0.1, -0.05) is 104 Å². The predicted octanol–water partition coefficient (Wildman–Crippen LogP) is 11.8. The maximum Gasteiger partial charge on any atom is 0.224 e. The van der Waals surface area contributed by atoms with Crippen LogP contribution in [0.2, 0.25) is 0 Å². The molecular formula is C55H53N11. The van der Waals surface area contributed by atoms with E-state index in [9.17, 15) is 0 Å². The summed E-state index contributed by atoms with van der Waals surface area (Å²) in [4.78, 5) is 28.9. The molecule has 1 saturated heterocycles. The number of benzene rings is 6. The van der Waals surface area contributed by atoms with Crippen LogP contribution in [-0.2, 0) is 0 Å². The SMILES string of the molecule is Cc1ccc2nc(-c3ccc4ccccc4c3)n(-c3ccnc(NC4CCCCC4)n3)c2c1.Cc1ccc2nc(-c3ccc4ccccc4c3)n(-c3ccnc(N[C@H]4CCCNC4)n3)c2c1. The zero-order valence-electron chi connectivity index (χ0n) is 37.5. The molecule has 1 atom stereocenters. The molecule has 2 fully saturated rings. The van der Waals surface area contributed by atoms with Crippen LogP contribution in [0.5, 0.6) is 0 Å². The summed E-state index contributed by atoms with van der Waals surface area (Å²) in [6.07, 6.45) is 12.2. The van der Waals surface area contributed by atoms with Crippen molar-refractivity contribution < 1.29 is 0 Å². The van der Waals surface area contributed by atoms with Crippen molar-refractivity contribution in [2.45, 2.75) is 70.9 Å². The number of hydrogen-bond donors (Lipinski definition) is 3. The third-order valence-electron chi connectivity index (χ3n) is 12.9. The number of anilines is 2. The molecule has 328 valence electrons. The molecule has 4 aromatic heterocycles. The Morgan fingerprint density at radius 1 is 0.485 bits per heavy atom. The van der Waals surface area contributed by atoms with Crippen molar-refractivity contribution in [2.75, 3.05) is 23.7 Å². The van der Waals surface area contributed by atoms with E-state index in [1.165, 1.54) is 64.8 Å². The number of nitrogens with zero attached hydrogens (tertiary/aromatic N) is 8. The summed E-state index contributed by atoms with van der Waals surface area (Å²) in [7, 11) is 0. The molecule has 0 radical (unpaired) electrons. The van der Waals surface area contributed by atoms with E-state index < -0.39 is 0 Å². The molecule has 6 aromatic carbocycles. The molecule has 5 heterocycles. The zero-order chi connectivity index (χ0) is 44.4. The average molecular weight is 868 g/mol. The predicted molar refractivity (Wildman–Crippen MR) is 269 cm³/mol. The summed E-state index contributed by atoms with van der Waals surface area (Å²) in [6, 6.07) is 47.3. The van der Waals surface area contributed by atoms with Crippen LogP contribution in [0.4, 0.5) is 11.9 Å². The van der Waals surface area contributed by atoms with E-state index >= 15 is 0 Å². The standard InChI is InChI=1S/C28H27N5.C27H26N6/c1-19-11-14-24-25(17-19)33(26-15-16-29-28(32-26)30-23-9-3-2-4-10-23)27(31-24)22-13-12-20-7-5-6-8-21(20)18-22;1-18-8-11-23-24(15-18)33(25-12-14-29-27(32-25)30-22-7-4-13-28-17-22)26(31-23)21-10-9-19-5-2-3-6-20(19)16-21/h5-8,11-18,23H,2-4,9-10H2,1H3,(H,29,30,32);2-3,5-6,8-12,14-16,22,28H,4,7,13,17H2,1H3,(H,29,30,32)/t;22-/m.0/s1. The highest BCUT2D eigenvalue weighted by Crippen LogP contribution is 2.33. The van der Waals surface area contributed by atoms with Gasteiger partial charge in [0, 0.05) is 42.1 Å². The van der Waals surface area contributed by atoms with Crippen LogP contribution >= 0.6 is 0 Å². The number of aromatic nitrogens is 8. The third-order valence-corrected chi connectivity index (χ3v) is 12.9. The van der Waals surface area contributed by atoms with Gasteiger partial charge in [-0.05, 0) is 127 Å². The van der Waals surface area contributed by atoms with Gasteiger partial charge >= 0.3 is 0 Å². The Labute approximate surface area is 384 Å². The number of piperidine rings is 1. The largest absolute Gasteiger partial charge is 0.351 e. The molecular weight excluding hydrogens is 815 g/mol. The highest BCUT2D eigenvalue weighted by molar-refractivity contribution is 5.91. The smallest absolute Gasteiger partial charge is 0.224 e. The molecule has 2 aliphatic rings. The lowest BCUT2D eigenvalue weighted by molar-refractivity contribution is 0.461. The molecule has 0 bridgehead atoms. The first-order valence-corrected chi connectivity index (χ1v) is 23.4. The number of rotatable bonds is 8. The van der Waals surface area contributed by atoms with Crippen LogP contribution in [0, 0.1) is 13.8 Å². The molecule has 11 heteroatoms. The minimum Gasteiger partial charge on any atom is -0.351 e. The Morgan fingerprint density at radius 3 is 1.50 bits per heavy atom. The lowest BCUT2D eigenvalue weighted by atomic mass is 9.96. The Kier molecular flexibility index (Phi) is 11.4. The second-order valence-electron chi connectivity index (χ2n) is 17.8. The minimum absolute atomic E-state index is 0.343.